The molecule has 0 saturated carbocycles. The highest BCUT2D eigenvalue weighted by Crippen LogP contribution is 2.28. The molecular weight excluding hydrogens is 246 g/mol. The van der Waals surface area contributed by atoms with E-state index in [4.69, 9.17) is 17.3 Å². The SMILES string of the molecule is Cn1cc(CC(F)(F)CN)c2ccc(Cl)cc21. The van der Waals surface area contributed by atoms with Gasteiger partial charge in [-0.25, -0.2) is 8.78 Å². The Hall–Kier alpha value is -1.13. The number of hydrogen-bond donors (Lipinski definition) is 1. The fourth-order valence-corrected chi connectivity index (χ4v) is 2.10. The van der Waals surface area contributed by atoms with E-state index in [1.807, 2.05) is 7.05 Å². The third-order valence-electron chi connectivity index (χ3n) is 2.78. The van der Waals surface area contributed by atoms with Gasteiger partial charge in [0, 0.05) is 35.6 Å². The molecule has 0 unspecified atom stereocenters. The van der Waals surface area contributed by atoms with Crippen LogP contribution >= 0.6 is 11.6 Å². The van der Waals surface area contributed by atoms with Gasteiger partial charge in [0.1, 0.15) is 0 Å². The first-order chi connectivity index (χ1) is 7.93. The average molecular weight is 259 g/mol. The fraction of sp³-hybridized carbons (Fsp3) is 0.333. The second-order valence-corrected chi connectivity index (χ2v) is 4.60. The van der Waals surface area contributed by atoms with Gasteiger partial charge in [-0.2, -0.15) is 0 Å². The van der Waals surface area contributed by atoms with Gasteiger partial charge in [-0.1, -0.05) is 17.7 Å². The predicted octanol–water partition coefficient (Wildman–Crippen LogP) is 2.97. The highest BCUT2D eigenvalue weighted by Gasteiger charge is 2.28. The molecule has 2 nitrogen and oxygen atoms in total. The number of aryl methyl sites for hydroxylation is 1. The molecule has 1 aromatic carbocycles. The number of nitrogens with two attached hydrogens (primary N) is 1. The summed E-state index contributed by atoms with van der Waals surface area (Å²) in [6, 6.07) is 5.23. The molecule has 0 atom stereocenters. The van der Waals surface area contributed by atoms with Gasteiger partial charge < -0.3 is 10.3 Å². The zero-order valence-corrected chi connectivity index (χ0v) is 10.1. The average Bonchev–Trinajstić information content (AvgIpc) is 2.55. The number of alkyl halides is 2. The van der Waals surface area contributed by atoms with Crippen molar-refractivity contribution in [1.82, 2.24) is 4.57 Å². The van der Waals surface area contributed by atoms with Crippen LogP contribution in [0.1, 0.15) is 5.56 Å². The monoisotopic (exact) mass is 258 g/mol. The number of rotatable bonds is 3. The summed E-state index contributed by atoms with van der Waals surface area (Å²) in [5, 5.41) is 1.39. The van der Waals surface area contributed by atoms with Gasteiger partial charge in [0.25, 0.3) is 5.92 Å². The van der Waals surface area contributed by atoms with Gasteiger partial charge >= 0.3 is 0 Å². The summed E-state index contributed by atoms with van der Waals surface area (Å²) in [7, 11) is 1.81. The molecule has 1 heterocycles. The van der Waals surface area contributed by atoms with Crippen LogP contribution in [0.4, 0.5) is 8.78 Å². The summed E-state index contributed by atoms with van der Waals surface area (Å²) in [5.74, 6) is -2.87. The first kappa shape index (κ1) is 12.3. The Morgan fingerprint density at radius 1 is 1.41 bits per heavy atom. The lowest BCUT2D eigenvalue weighted by atomic mass is 10.1. The lowest BCUT2D eigenvalue weighted by Gasteiger charge is -2.12. The molecule has 0 aliphatic rings. The van der Waals surface area contributed by atoms with E-state index in [0.717, 1.165) is 10.9 Å². The molecule has 0 spiro atoms. The molecule has 0 aliphatic carbocycles. The van der Waals surface area contributed by atoms with E-state index >= 15 is 0 Å². The van der Waals surface area contributed by atoms with Crippen molar-refractivity contribution in [3.63, 3.8) is 0 Å². The predicted molar refractivity (Wildman–Crippen MR) is 65.6 cm³/mol. The Labute approximate surface area is 103 Å². The van der Waals surface area contributed by atoms with E-state index in [2.05, 4.69) is 0 Å². The molecule has 1 aromatic heterocycles. The van der Waals surface area contributed by atoms with Crippen molar-refractivity contribution in [2.24, 2.45) is 12.8 Å². The first-order valence-corrected chi connectivity index (χ1v) is 5.62. The van der Waals surface area contributed by atoms with Crippen LogP contribution in [-0.2, 0) is 13.5 Å². The molecule has 0 radical (unpaired) electrons. The molecule has 0 bridgehead atoms. The number of halogens is 3. The quantitative estimate of drug-likeness (QED) is 0.902. The highest BCUT2D eigenvalue weighted by atomic mass is 35.5. The third-order valence-corrected chi connectivity index (χ3v) is 3.02. The smallest absolute Gasteiger partial charge is 0.264 e. The number of aromatic nitrogens is 1. The molecule has 0 fully saturated rings. The summed E-state index contributed by atoms with van der Waals surface area (Å²) >= 11 is 5.88. The van der Waals surface area contributed by atoms with Crippen LogP contribution in [0.2, 0.25) is 5.02 Å². The van der Waals surface area contributed by atoms with E-state index in [-0.39, 0.29) is 6.42 Å². The lowest BCUT2D eigenvalue weighted by molar-refractivity contribution is 0.0118. The van der Waals surface area contributed by atoms with Crippen molar-refractivity contribution in [3.05, 3.63) is 35.0 Å². The maximum absolute atomic E-state index is 13.3. The number of fused-ring (bicyclic) bond motifs is 1. The van der Waals surface area contributed by atoms with Gasteiger partial charge in [-0.15, -0.1) is 0 Å². The van der Waals surface area contributed by atoms with Gasteiger partial charge in [-0.05, 0) is 17.7 Å². The minimum absolute atomic E-state index is 0.345. The summed E-state index contributed by atoms with van der Waals surface area (Å²) < 4.78 is 28.4. The maximum Gasteiger partial charge on any atom is 0.264 e. The van der Waals surface area contributed by atoms with Crippen LogP contribution in [0.15, 0.2) is 24.4 Å². The summed E-state index contributed by atoms with van der Waals surface area (Å²) in [6.45, 7) is -0.642. The van der Waals surface area contributed by atoms with Crippen molar-refractivity contribution in [1.29, 1.82) is 0 Å². The van der Waals surface area contributed by atoms with Crippen molar-refractivity contribution < 1.29 is 8.78 Å². The summed E-state index contributed by atoms with van der Waals surface area (Å²) in [4.78, 5) is 0. The first-order valence-electron chi connectivity index (χ1n) is 5.24. The summed E-state index contributed by atoms with van der Waals surface area (Å²) in [5.41, 5.74) is 6.49. The van der Waals surface area contributed by atoms with E-state index in [1.54, 1.807) is 29.0 Å². The Bertz CT molecular complexity index is 549. The van der Waals surface area contributed by atoms with Crippen molar-refractivity contribution in [2.45, 2.75) is 12.3 Å². The minimum atomic E-state index is -2.87. The van der Waals surface area contributed by atoms with Gasteiger partial charge in [-0.3, -0.25) is 0 Å². The van der Waals surface area contributed by atoms with E-state index in [9.17, 15) is 8.78 Å². The zero-order valence-electron chi connectivity index (χ0n) is 9.38. The van der Waals surface area contributed by atoms with Crippen LogP contribution < -0.4 is 5.73 Å². The van der Waals surface area contributed by atoms with Crippen molar-refractivity contribution >= 4 is 22.5 Å². The largest absolute Gasteiger partial charge is 0.350 e. The molecule has 0 aliphatic heterocycles. The molecule has 92 valence electrons. The maximum atomic E-state index is 13.3. The van der Waals surface area contributed by atoms with E-state index in [0.29, 0.717) is 10.6 Å². The van der Waals surface area contributed by atoms with Crippen LogP contribution in [0.5, 0.6) is 0 Å². The van der Waals surface area contributed by atoms with Crippen LogP contribution in [0.3, 0.4) is 0 Å². The van der Waals surface area contributed by atoms with Crippen LogP contribution in [0.25, 0.3) is 10.9 Å². The molecule has 0 saturated heterocycles. The normalized spacial score (nSPS) is 12.3. The number of nitrogens with zero attached hydrogens (tertiary/aromatic N) is 1. The van der Waals surface area contributed by atoms with Crippen molar-refractivity contribution in [3.8, 4) is 0 Å². The molecule has 2 rings (SSSR count). The number of hydrogen-bond acceptors (Lipinski definition) is 1. The standard InChI is InChI=1S/C12H13ClF2N2/c1-17-6-8(5-12(14,15)7-16)10-3-2-9(13)4-11(10)17/h2-4,6H,5,7,16H2,1H3. The van der Waals surface area contributed by atoms with Gasteiger partial charge in [0.15, 0.2) is 0 Å². The topological polar surface area (TPSA) is 30.9 Å². The van der Waals surface area contributed by atoms with Crippen LogP contribution in [0, 0.1) is 0 Å². The number of benzene rings is 1. The Morgan fingerprint density at radius 2 is 2.12 bits per heavy atom. The van der Waals surface area contributed by atoms with Gasteiger partial charge in [0.2, 0.25) is 0 Å². The fourth-order valence-electron chi connectivity index (χ4n) is 1.93. The second-order valence-electron chi connectivity index (χ2n) is 4.16. The van der Waals surface area contributed by atoms with E-state index < -0.39 is 12.5 Å². The third kappa shape index (κ3) is 2.42. The Morgan fingerprint density at radius 3 is 2.76 bits per heavy atom. The van der Waals surface area contributed by atoms with Crippen molar-refractivity contribution in [2.75, 3.05) is 6.54 Å². The molecule has 17 heavy (non-hydrogen) atoms. The Balaban J connectivity index is 2.49. The summed E-state index contributed by atoms with van der Waals surface area (Å²) in [6.07, 6.45) is 1.35. The lowest BCUT2D eigenvalue weighted by Crippen LogP contribution is -2.30. The van der Waals surface area contributed by atoms with E-state index in [1.165, 1.54) is 0 Å². The minimum Gasteiger partial charge on any atom is -0.350 e. The molecule has 2 aromatic rings. The van der Waals surface area contributed by atoms with Crippen LogP contribution in [-0.4, -0.2) is 17.0 Å². The molecule has 5 heteroatoms. The molecular formula is C12H13ClF2N2. The Kier molecular flexibility index (Phi) is 3.10. The molecule has 2 N–H and O–H groups in total. The second kappa shape index (κ2) is 4.27. The van der Waals surface area contributed by atoms with Gasteiger partial charge in [0.05, 0.1) is 6.54 Å². The highest BCUT2D eigenvalue weighted by molar-refractivity contribution is 6.31. The molecule has 0 amide bonds. The zero-order chi connectivity index (χ0) is 12.6.